The van der Waals surface area contributed by atoms with E-state index >= 15 is 0 Å². The van der Waals surface area contributed by atoms with E-state index in [4.69, 9.17) is 4.74 Å². The predicted molar refractivity (Wildman–Crippen MR) is 94.0 cm³/mol. The first-order valence-electron chi connectivity index (χ1n) is 8.54. The normalized spacial score (nSPS) is 18.2. The molecule has 0 bridgehead atoms. The summed E-state index contributed by atoms with van der Waals surface area (Å²) in [6.07, 6.45) is 2.12. The van der Waals surface area contributed by atoms with Crippen LogP contribution in [0.3, 0.4) is 0 Å². The molecule has 0 saturated carbocycles. The van der Waals surface area contributed by atoms with Gasteiger partial charge in [-0.1, -0.05) is 12.1 Å². The molecule has 1 atom stereocenters. The van der Waals surface area contributed by atoms with E-state index in [1.807, 2.05) is 20.8 Å². The lowest BCUT2D eigenvalue weighted by atomic mass is 10.1. The Hall–Kier alpha value is -2.31. The molecule has 1 aromatic rings. The first-order valence-corrected chi connectivity index (χ1v) is 8.54. The summed E-state index contributed by atoms with van der Waals surface area (Å²) in [5, 5.41) is 5.32. The molecule has 1 fully saturated rings. The summed E-state index contributed by atoms with van der Waals surface area (Å²) < 4.78 is 19.0. The molecule has 0 radical (unpaired) electrons. The number of hydrogen-bond donors (Lipinski definition) is 2. The summed E-state index contributed by atoms with van der Waals surface area (Å²) in [7, 11) is 0. The molecule has 1 aromatic carbocycles. The molecule has 1 aliphatic rings. The van der Waals surface area contributed by atoms with Gasteiger partial charge in [0.25, 0.3) is 0 Å². The Kier molecular flexibility index (Phi) is 6.22. The van der Waals surface area contributed by atoms with E-state index in [2.05, 4.69) is 10.6 Å². The lowest BCUT2D eigenvalue weighted by Gasteiger charge is -2.28. The minimum atomic E-state index is -0.561. The molecule has 2 N–H and O–H groups in total. The van der Waals surface area contributed by atoms with Crippen molar-refractivity contribution in [1.29, 1.82) is 0 Å². The molecule has 0 unspecified atom stereocenters. The van der Waals surface area contributed by atoms with Crippen LogP contribution in [-0.2, 0) is 4.74 Å². The number of nitrogens with one attached hydrogen (secondary N) is 2. The van der Waals surface area contributed by atoms with E-state index in [0.717, 1.165) is 19.3 Å². The van der Waals surface area contributed by atoms with Crippen molar-refractivity contribution >= 4 is 17.8 Å². The zero-order valence-electron chi connectivity index (χ0n) is 15.0. The molecule has 0 aromatic heterocycles. The molecule has 25 heavy (non-hydrogen) atoms. The number of nitrogens with zero attached hydrogens (tertiary/aromatic N) is 1. The van der Waals surface area contributed by atoms with Crippen LogP contribution < -0.4 is 10.6 Å². The van der Waals surface area contributed by atoms with Crippen molar-refractivity contribution in [3.05, 3.63) is 30.1 Å². The van der Waals surface area contributed by atoms with Gasteiger partial charge >= 0.3 is 12.1 Å². The summed E-state index contributed by atoms with van der Waals surface area (Å²) >= 11 is 0. The number of carbonyl (C=O) groups excluding carboxylic acids is 2. The van der Waals surface area contributed by atoms with E-state index in [0.29, 0.717) is 13.1 Å². The van der Waals surface area contributed by atoms with Crippen molar-refractivity contribution in [3.8, 4) is 0 Å². The van der Waals surface area contributed by atoms with E-state index < -0.39 is 17.4 Å². The van der Waals surface area contributed by atoms with Crippen molar-refractivity contribution in [3.63, 3.8) is 0 Å². The van der Waals surface area contributed by atoms with Crippen LogP contribution in [0.4, 0.5) is 19.7 Å². The van der Waals surface area contributed by atoms with E-state index in [9.17, 15) is 14.0 Å². The van der Waals surface area contributed by atoms with Gasteiger partial charge in [0.05, 0.1) is 5.69 Å². The molecule has 1 aliphatic heterocycles. The maximum atomic E-state index is 13.6. The Labute approximate surface area is 147 Å². The molecule has 1 saturated heterocycles. The molecular formula is C18H26FN3O3. The molecule has 3 amide bonds. The fourth-order valence-corrected chi connectivity index (χ4v) is 2.66. The maximum Gasteiger partial charge on any atom is 0.410 e. The predicted octanol–water partition coefficient (Wildman–Crippen LogP) is 3.74. The van der Waals surface area contributed by atoms with Crippen LogP contribution in [0, 0.1) is 5.82 Å². The number of likely N-dealkylation sites (tertiary alicyclic amines) is 1. The molecule has 2 rings (SSSR count). The summed E-state index contributed by atoms with van der Waals surface area (Å²) in [6, 6.07) is 5.29. The summed E-state index contributed by atoms with van der Waals surface area (Å²) in [4.78, 5) is 26.0. The SMILES string of the molecule is CC(C)(C)OC(=O)N1CCCC[C@@H](NC(=O)Nc2ccccc2F)C1. The van der Waals surface area contributed by atoms with Gasteiger partial charge in [-0.15, -0.1) is 0 Å². The lowest BCUT2D eigenvalue weighted by Crippen LogP contribution is -2.47. The van der Waals surface area contributed by atoms with Crippen LogP contribution in [0.1, 0.15) is 40.0 Å². The minimum Gasteiger partial charge on any atom is -0.444 e. The highest BCUT2D eigenvalue weighted by atomic mass is 19.1. The van der Waals surface area contributed by atoms with Gasteiger partial charge in [-0.25, -0.2) is 14.0 Å². The number of amides is 3. The topological polar surface area (TPSA) is 70.7 Å². The van der Waals surface area contributed by atoms with Gasteiger partial charge in [0.15, 0.2) is 0 Å². The fourth-order valence-electron chi connectivity index (χ4n) is 2.66. The Bertz CT molecular complexity index is 616. The minimum absolute atomic E-state index is 0.123. The molecule has 0 spiro atoms. The summed E-state index contributed by atoms with van der Waals surface area (Å²) in [6.45, 7) is 6.43. The first kappa shape index (κ1) is 19.0. The van der Waals surface area contributed by atoms with Crippen molar-refractivity contribution in [2.24, 2.45) is 0 Å². The smallest absolute Gasteiger partial charge is 0.410 e. The zero-order chi connectivity index (χ0) is 18.4. The van der Waals surface area contributed by atoms with Gasteiger partial charge in [0.2, 0.25) is 0 Å². The molecule has 7 heteroatoms. The Morgan fingerprint density at radius 1 is 1.24 bits per heavy atom. The second-order valence-electron chi connectivity index (χ2n) is 7.20. The summed E-state index contributed by atoms with van der Waals surface area (Å²) in [5.41, 5.74) is -0.438. The van der Waals surface area contributed by atoms with E-state index in [-0.39, 0.29) is 17.8 Å². The molecule has 138 valence electrons. The van der Waals surface area contributed by atoms with Crippen LogP contribution in [0.15, 0.2) is 24.3 Å². The van der Waals surface area contributed by atoms with Gasteiger partial charge in [0, 0.05) is 19.1 Å². The van der Waals surface area contributed by atoms with E-state index in [1.165, 1.54) is 12.1 Å². The molecule has 1 heterocycles. The van der Waals surface area contributed by atoms with Crippen LogP contribution in [0.2, 0.25) is 0 Å². The highest BCUT2D eigenvalue weighted by molar-refractivity contribution is 5.89. The van der Waals surface area contributed by atoms with Crippen molar-refractivity contribution in [2.75, 3.05) is 18.4 Å². The van der Waals surface area contributed by atoms with Crippen molar-refractivity contribution in [1.82, 2.24) is 10.2 Å². The van der Waals surface area contributed by atoms with Gasteiger partial charge in [-0.2, -0.15) is 0 Å². The number of ether oxygens (including phenoxy) is 1. The van der Waals surface area contributed by atoms with Gasteiger partial charge < -0.3 is 20.3 Å². The van der Waals surface area contributed by atoms with Crippen LogP contribution >= 0.6 is 0 Å². The average molecular weight is 351 g/mol. The Morgan fingerprint density at radius 2 is 1.96 bits per heavy atom. The largest absolute Gasteiger partial charge is 0.444 e. The van der Waals surface area contributed by atoms with Gasteiger partial charge in [-0.05, 0) is 52.2 Å². The monoisotopic (exact) mass is 351 g/mol. The van der Waals surface area contributed by atoms with E-state index in [1.54, 1.807) is 17.0 Å². The van der Waals surface area contributed by atoms with Crippen molar-refractivity contribution in [2.45, 2.75) is 51.7 Å². The third kappa shape index (κ3) is 6.25. The van der Waals surface area contributed by atoms with Crippen LogP contribution in [0.25, 0.3) is 0 Å². The zero-order valence-corrected chi connectivity index (χ0v) is 15.0. The number of carbonyl (C=O) groups is 2. The van der Waals surface area contributed by atoms with Crippen molar-refractivity contribution < 1.29 is 18.7 Å². The Morgan fingerprint density at radius 3 is 2.64 bits per heavy atom. The molecular weight excluding hydrogens is 325 g/mol. The summed E-state index contributed by atoms with van der Waals surface area (Å²) in [5.74, 6) is -0.492. The van der Waals surface area contributed by atoms with Gasteiger partial charge in [0.1, 0.15) is 11.4 Å². The Balaban J connectivity index is 1.93. The molecule has 0 aliphatic carbocycles. The number of halogens is 1. The highest BCUT2D eigenvalue weighted by Gasteiger charge is 2.27. The fraction of sp³-hybridized carbons (Fsp3) is 0.556. The van der Waals surface area contributed by atoms with Crippen LogP contribution in [-0.4, -0.2) is 41.8 Å². The van der Waals surface area contributed by atoms with Crippen LogP contribution in [0.5, 0.6) is 0 Å². The number of benzene rings is 1. The third-order valence-corrected chi connectivity index (χ3v) is 3.78. The second kappa shape index (κ2) is 8.18. The quantitative estimate of drug-likeness (QED) is 0.853. The average Bonchev–Trinajstić information content (AvgIpc) is 2.73. The maximum absolute atomic E-state index is 13.6. The number of urea groups is 1. The first-order chi connectivity index (χ1) is 11.7. The number of hydrogen-bond acceptors (Lipinski definition) is 3. The number of para-hydroxylation sites is 1. The third-order valence-electron chi connectivity index (χ3n) is 3.78. The highest BCUT2D eigenvalue weighted by Crippen LogP contribution is 2.16. The standard InChI is InChI=1S/C18H26FN3O3/c1-18(2,3)25-17(24)22-11-7-6-8-13(12-22)20-16(23)21-15-10-5-4-9-14(15)19/h4-5,9-10,13H,6-8,11-12H2,1-3H3,(H2,20,21,23)/t13-/m1/s1. The number of anilines is 1. The second-order valence-corrected chi connectivity index (χ2v) is 7.20. The lowest BCUT2D eigenvalue weighted by molar-refractivity contribution is 0.0245. The number of rotatable bonds is 2. The van der Waals surface area contributed by atoms with Gasteiger partial charge in [-0.3, -0.25) is 0 Å². The molecule has 6 nitrogen and oxygen atoms in total.